The van der Waals surface area contributed by atoms with Gasteiger partial charge in [-0.2, -0.15) is 0 Å². The molecule has 0 aliphatic heterocycles. The van der Waals surface area contributed by atoms with Crippen LogP contribution in [0.3, 0.4) is 0 Å². The number of halogens is 1. The van der Waals surface area contributed by atoms with E-state index in [4.69, 9.17) is 14.2 Å². The molecule has 0 saturated heterocycles. The van der Waals surface area contributed by atoms with Crippen LogP contribution in [-0.2, 0) is 14.3 Å². The average Bonchev–Trinajstić information content (AvgIpc) is 2.66. The molecular weight excluding hydrogens is 353 g/mol. The zero-order valence-electron chi connectivity index (χ0n) is 15.2. The number of carbonyl (C=O) groups excluding carboxylic acids is 2. The highest BCUT2D eigenvalue weighted by molar-refractivity contribution is 5.96. The molecule has 0 aromatic heterocycles. The summed E-state index contributed by atoms with van der Waals surface area (Å²) in [5.74, 6) is -1.05. The van der Waals surface area contributed by atoms with Gasteiger partial charge in [-0.15, -0.1) is 0 Å². The zero-order chi connectivity index (χ0) is 19.8. The van der Waals surface area contributed by atoms with Gasteiger partial charge in [0.05, 0.1) is 14.2 Å². The summed E-state index contributed by atoms with van der Waals surface area (Å²) in [4.78, 5) is 24.0. The molecule has 7 heteroatoms. The van der Waals surface area contributed by atoms with Gasteiger partial charge in [-0.25, -0.2) is 9.18 Å². The molecule has 0 fully saturated rings. The van der Waals surface area contributed by atoms with Crippen molar-refractivity contribution in [1.29, 1.82) is 0 Å². The third-order valence-electron chi connectivity index (χ3n) is 3.59. The summed E-state index contributed by atoms with van der Waals surface area (Å²) < 4.78 is 28.6. The number of methoxy groups -OCH3 is 2. The van der Waals surface area contributed by atoms with Crippen LogP contribution in [0.1, 0.15) is 12.5 Å². The van der Waals surface area contributed by atoms with Gasteiger partial charge in [0.2, 0.25) is 0 Å². The van der Waals surface area contributed by atoms with E-state index in [0.717, 1.165) is 6.08 Å². The minimum absolute atomic E-state index is 0.109. The number of nitrogens with one attached hydrogen (secondary N) is 1. The highest BCUT2D eigenvalue weighted by atomic mass is 19.1. The summed E-state index contributed by atoms with van der Waals surface area (Å²) in [5, 5.41) is 2.63. The van der Waals surface area contributed by atoms with Crippen LogP contribution in [0.4, 0.5) is 10.1 Å². The van der Waals surface area contributed by atoms with Crippen LogP contribution in [-0.4, -0.2) is 32.2 Å². The van der Waals surface area contributed by atoms with E-state index >= 15 is 0 Å². The lowest BCUT2D eigenvalue weighted by Crippen LogP contribution is -2.29. The summed E-state index contributed by atoms with van der Waals surface area (Å²) in [6, 6.07) is 11.1. The van der Waals surface area contributed by atoms with Gasteiger partial charge >= 0.3 is 5.97 Å². The summed E-state index contributed by atoms with van der Waals surface area (Å²) in [6.45, 7) is 1.45. The van der Waals surface area contributed by atoms with E-state index in [2.05, 4.69) is 5.32 Å². The largest absolute Gasteiger partial charge is 0.497 e. The van der Waals surface area contributed by atoms with Crippen molar-refractivity contribution < 1.29 is 28.2 Å². The maximum atomic E-state index is 13.6. The minimum atomic E-state index is -1.01. The summed E-state index contributed by atoms with van der Waals surface area (Å²) in [7, 11) is 2.88. The lowest BCUT2D eigenvalue weighted by molar-refractivity contribution is -0.148. The van der Waals surface area contributed by atoms with Crippen LogP contribution in [0.25, 0.3) is 6.08 Å². The van der Waals surface area contributed by atoms with E-state index in [1.807, 2.05) is 0 Å². The van der Waals surface area contributed by atoms with Gasteiger partial charge in [0, 0.05) is 17.8 Å². The monoisotopic (exact) mass is 373 g/mol. The van der Waals surface area contributed by atoms with Crippen molar-refractivity contribution in [3.63, 3.8) is 0 Å². The number of rotatable bonds is 7. The Bertz CT molecular complexity index is 850. The summed E-state index contributed by atoms with van der Waals surface area (Å²) in [5.41, 5.74) is 0.977. The molecule has 0 spiro atoms. The Balaban J connectivity index is 1.92. The summed E-state index contributed by atoms with van der Waals surface area (Å²) >= 11 is 0. The van der Waals surface area contributed by atoms with Gasteiger partial charge in [0.15, 0.2) is 17.7 Å². The first-order valence-corrected chi connectivity index (χ1v) is 8.10. The molecule has 0 radical (unpaired) electrons. The maximum Gasteiger partial charge on any atom is 0.331 e. The summed E-state index contributed by atoms with van der Waals surface area (Å²) in [6.07, 6.45) is 1.50. The number of benzene rings is 2. The second-order valence-corrected chi connectivity index (χ2v) is 5.53. The van der Waals surface area contributed by atoms with Crippen LogP contribution in [0.15, 0.2) is 48.5 Å². The van der Waals surface area contributed by atoms with Crippen LogP contribution < -0.4 is 14.8 Å². The molecule has 0 aliphatic rings. The smallest absolute Gasteiger partial charge is 0.331 e. The predicted octanol–water partition coefficient (Wildman–Crippen LogP) is 3.43. The fourth-order valence-corrected chi connectivity index (χ4v) is 2.16. The second-order valence-electron chi connectivity index (χ2n) is 5.53. The molecule has 0 heterocycles. The van der Waals surface area contributed by atoms with Crippen molar-refractivity contribution in [2.24, 2.45) is 0 Å². The Labute approximate surface area is 156 Å². The van der Waals surface area contributed by atoms with E-state index in [1.54, 1.807) is 30.3 Å². The molecule has 0 bridgehead atoms. The molecule has 27 heavy (non-hydrogen) atoms. The standard InChI is InChI=1S/C20H20FNO5/c1-13(20(24)22-15-5-4-6-16(12-15)25-2)27-19(23)10-8-14-7-9-18(26-3)17(21)11-14/h4-13H,1-3H3,(H,22,24)/b10-8+/t13-/m0/s1. The number of amides is 1. The normalized spacial score (nSPS) is 11.7. The number of esters is 1. The first-order valence-electron chi connectivity index (χ1n) is 8.10. The number of hydrogen-bond acceptors (Lipinski definition) is 5. The lowest BCUT2D eigenvalue weighted by Gasteiger charge is -2.13. The second kappa shape index (κ2) is 9.38. The molecule has 0 unspecified atom stereocenters. The van der Waals surface area contributed by atoms with Gasteiger partial charge in [0.1, 0.15) is 5.75 Å². The van der Waals surface area contributed by atoms with Crippen molar-refractivity contribution in [3.05, 3.63) is 59.9 Å². The maximum absolute atomic E-state index is 13.6. The Morgan fingerprint density at radius 2 is 1.89 bits per heavy atom. The van der Waals surface area contributed by atoms with Gasteiger partial charge in [-0.1, -0.05) is 12.1 Å². The van der Waals surface area contributed by atoms with Crippen molar-refractivity contribution in [2.45, 2.75) is 13.0 Å². The van der Waals surface area contributed by atoms with Crippen molar-refractivity contribution in [2.75, 3.05) is 19.5 Å². The van der Waals surface area contributed by atoms with Crippen LogP contribution in [0, 0.1) is 5.82 Å². The molecule has 6 nitrogen and oxygen atoms in total. The SMILES string of the molecule is COc1cccc(NC(=O)[C@H](C)OC(=O)/C=C/c2ccc(OC)c(F)c2)c1. The molecule has 1 N–H and O–H groups in total. The fraction of sp³-hybridized carbons (Fsp3) is 0.200. The lowest BCUT2D eigenvalue weighted by atomic mass is 10.2. The molecule has 0 aliphatic carbocycles. The van der Waals surface area contributed by atoms with Gasteiger partial charge in [-0.3, -0.25) is 4.79 Å². The van der Waals surface area contributed by atoms with E-state index in [1.165, 1.54) is 39.4 Å². The van der Waals surface area contributed by atoms with Crippen LogP contribution in [0.2, 0.25) is 0 Å². The fourth-order valence-electron chi connectivity index (χ4n) is 2.16. The number of anilines is 1. The Hall–Kier alpha value is -3.35. The molecular formula is C20H20FNO5. The van der Waals surface area contributed by atoms with Gasteiger partial charge < -0.3 is 19.5 Å². The third kappa shape index (κ3) is 5.85. The highest BCUT2D eigenvalue weighted by Crippen LogP contribution is 2.19. The molecule has 2 aromatic carbocycles. The molecule has 1 atom stereocenters. The molecule has 1 amide bonds. The van der Waals surface area contributed by atoms with Crippen molar-refractivity contribution in [3.8, 4) is 11.5 Å². The van der Waals surface area contributed by atoms with E-state index in [9.17, 15) is 14.0 Å². The first-order chi connectivity index (χ1) is 12.9. The number of hydrogen-bond donors (Lipinski definition) is 1. The highest BCUT2D eigenvalue weighted by Gasteiger charge is 2.17. The Morgan fingerprint density at radius 3 is 2.56 bits per heavy atom. The first kappa shape index (κ1) is 20.0. The van der Waals surface area contributed by atoms with E-state index < -0.39 is 23.8 Å². The van der Waals surface area contributed by atoms with Gasteiger partial charge in [0.25, 0.3) is 5.91 Å². The molecule has 2 rings (SSSR count). The minimum Gasteiger partial charge on any atom is -0.497 e. The van der Waals surface area contributed by atoms with E-state index in [-0.39, 0.29) is 5.75 Å². The zero-order valence-corrected chi connectivity index (χ0v) is 15.2. The van der Waals surface area contributed by atoms with Crippen LogP contribution >= 0.6 is 0 Å². The topological polar surface area (TPSA) is 73.9 Å². The molecule has 0 saturated carbocycles. The quantitative estimate of drug-likeness (QED) is 0.595. The van der Waals surface area contributed by atoms with Crippen molar-refractivity contribution in [1.82, 2.24) is 0 Å². The van der Waals surface area contributed by atoms with Gasteiger partial charge in [-0.05, 0) is 42.8 Å². The Kier molecular flexibility index (Phi) is 6.93. The number of ether oxygens (including phenoxy) is 3. The predicted molar refractivity (Wildman–Crippen MR) is 99.2 cm³/mol. The van der Waals surface area contributed by atoms with E-state index in [0.29, 0.717) is 17.0 Å². The van der Waals surface area contributed by atoms with Crippen molar-refractivity contribution >= 4 is 23.6 Å². The number of carbonyl (C=O) groups is 2. The third-order valence-corrected chi connectivity index (χ3v) is 3.59. The Morgan fingerprint density at radius 1 is 1.11 bits per heavy atom. The average molecular weight is 373 g/mol. The molecule has 142 valence electrons. The van der Waals surface area contributed by atoms with Crippen LogP contribution in [0.5, 0.6) is 11.5 Å². The molecule has 2 aromatic rings.